The molecule has 0 bridgehead atoms. The summed E-state index contributed by atoms with van der Waals surface area (Å²) in [5.74, 6) is -2.33. The maximum atomic E-state index is 13.8. The molecule has 0 aromatic heterocycles. The number of halogens is 2. The smallest absolute Gasteiger partial charge is 0.264 e. The molecule has 134 valence electrons. The quantitative estimate of drug-likeness (QED) is 0.822. The number of hydrogen-bond acceptors (Lipinski definition) is 3. The first kappa shape index (κ1) is 18.9. The molecule has 0 fully saturated rings. The number of anilines is 1. The third kappa shape index (κ3) is 4.76. The van der Waals surface area contributed by atoms with Gasteiger partial charge >= 0.3 is 0 Å². The third-order valence-corrected chi connectivity index (χ3v) is 4.67. The first-order valence-electron chi connectivity index (χ1n) is 7.56. The Morgan fingerprint density at radius 3 is 2.44 bits per heavy atom. The zero-order valence-corrected chi connectivity index (χ0v) is 14.5. The van der Waals surface area contributed by atoms with Gasteiger partial charge in [0.25, 0.3) is 15.9 Å². The highest BCUT2D eigenvalue weighted by Crippen LogP contribution is 2.22. The van der Waals surface area contributed by atoms with Crippen LogP contribution >= 0.6 is 0 Å². The Kier molecular flexibility index (Phi) is 5.73. The largest absolute Gasteiger partial charge is 0.352 e. The van der Waals surface area contributed by atoms with E-state index in [-0.39, 0.29) is 17.2 Å². The van der Waals surface area contributed by atoms with Crippen LogP contribution in [0.2, 0.25) is 0 Å². The van der Waals surface area contributed by atoms with Crippen LogP contribution in [-0.2, 0) is 10.0 Å². The molecule has 0 aliphatic carbocycles. The van der Waals surface area contributed by atoms with Crippen LogP contribution in [0.15, 0.2) is 47.4 Å². The second kappa shape index (κ2) is 7.60. The molecule has 5 nitrogen and oxygen atoms in total. The fourth-order valence-corrected chi connectivity index (χ4v) is 3.20. The van der Waals surface area contributed by atoms with Gasteiger partial charge in [-0.25, -0.2) is 17.2 Å². The number of benzene rings is 2. The standard InChI is InChI=1S/C17H18F2N2O3S/c1-11(2)10-20-17(22)13-5-3-4-6-15(13)21-25(23,24)16-8-7-12(18)9-14(16)19/h3-9,11,21H,10H2,1-2H3,(H,20,22). The number of nitrogens with one attached hydrogen (secondary N) is 2. The summed E-state index contributed by atoms with van der Waals surface area (Å²) in [5, 5.41) is 2.69. The molecule has 8 heteroatoms. The van der Waals surface area contributed by atoms with Gasteiger partial charge in [-0.3, -0.25) is 9.52 Å². The summed E-state index contributed by atoms with van der Waals surface area (Å²) < 4.78 is 53.7. The summed E-state index contributed by atoms with van der Waals surface area (Å²) in [7, 11) is -4.32. The monoisotopic (exact) mass is 368 g/mol. The summed E-state index contributed by atoms with van der Waals surface area (Å²) in [5.41, 5.74) is 0.113. The maximum absolute atomic E-state index is 13.8. The van der Waals surface area contributed by atoms with Gasteiger partial charge < -0.3 is 5.32 Å². The van der Waals surface area contributed by atoms with Crippen LogP contribution in [0.5, 0.6) is 0 Å². The molecule has 0 heterocycles. The molecule has 2 aromatic rings. The van der Waals surface area contributed by atoms with Crippen LogP contribution in [0.4, 0.5) is 14.5 Å². The van der Waals surface area contributed by atoms with E-state index in [9.17, 15) is 22.0 Å². The van der Waals surface area contributed by atoms with Crippen LogP contribution in [0, 0.1) is 17.6 Å². The molecule has 0 radical (unpaired) electrons. The van der Waals surface area contributed by atoms with Gasteiger partial charge in [-0.15, -0.1) is 0 Å². The van der Waals surface area contributed by atoms with Crippen molar-refractivity contribution in [1.29, 1.82) is 0 Å². The Morgan fingerprint density at radius 1 is 1.12 bits per heavy atom. The molecule has 2 rings (SSSR count). The Morgan fingerprint density at radius 2 is 1.80 bits per heavy atom. The van der Waals surface area contributed by atoms with Crippen LogP contribution < -0.4 is 10.0 Å². The van der Waals surface area contributed by atoms with E-state index in [4.69, 9.17) is 0 Å². The number of sulfonamides is 1. The van der Waals surface area contributed by atoms with Gasteiger partial charge in [0, 0.05) is 12.6 Å². The number of para-hydroxylation sites is 1. The van der Waals surface area contributed by atoms with Crippen molar-refractivity contribution in [2.75, 3.05) is 11.3 Å². The lowest BCUT2D eigenvalue weighted by molar-refractivity contribution is 0.0950. The second-order valence-electron chi connectivity index (χ2n) is 5.83. The molecular weight excluding hydrogens is 350 g/mol. The summed E-state index contributed by atoms with van der Waals surface area (Å²) in [6.07, 6.45) is 0. The van der Waals surface area contributed by atoms with Crippen molar-refractivity contribution in [2.24, 2.45) is 5.92 Å². The molecule has 1 amide bonds. The third-order valence-electron chi connectivity index (χ3n) is 3.27. The molecule has 0 spiro atoms. The number of hydrogen-bond donors (Lipinski definition) is 2. The minimum atomic E-state index is -4.32. The van der Waals surface area contributed by atoms with Gasteiger partial charge in [0.05, 0.1) is 11.3 Å². The highest BCUT2D eigenvalue weighted by molar-refractivity contribution is 7.92. The molecule has 2 aromatic carbocycles. The van der Waals surface area contributed by atoms with E-state index in [0.29, 0.717) is 12.6 Å². The summed E-state index contributed by atoms with van der Waals surface area (Å²) in [6, 6.07) is 8.12. The van der Waals surface area contributed by atoms with Crippen LogP contribution in [0.1, 0.15) is 24.2 Å². The van der Waals surface area contributed by atoms with E-state index in [0.717, 1.165) is 12.1 Å². The average Bonchev–Trinajstić information content (AvgIpc) is 2.52. The van der Waals surface area contributed by atoms with Gasteiger partial charge in [0.1, 0.15) is 16.5 Å². The fourth-order valence-electron chi connectivity index (χ4n) is 2.06. The van der Waals surface area contributed by atoms with Crippen LogP contribution in [0.3, 0.4) is 0 Å². The van der Waals surface area contributed by atoms with E-state index >= 15 is 0 Å². The van der Waals surface area contributed by atoms with E-state index in [1.165, 1.54) is 18.2 Å². The fraction of sp³-hybridized carbons (Fsp3) is 0.235. The highest BCUT2D eigenvalue weighted by atomic mass is 32.2. The van der Waals surface area contributed by atoms with Crippen molar-refractivity contribution in [3.05, 3.63) is 59.7 Å². The average molecular weight is 368 g/mol. The SMILES string of the molecule is CC(C)CNC(=O)c1ccccc1NS(=O)(=O)c1ccc(F)cc1F. The summed E-state index contributed by atoms with van der Waals surface area (Å²) >= 11 is 0. The predicted octanol–water partition coefficient (Wildman–Crippen LogP) is 3.15. The highest BCUT2D eigenvalue weighted by Gasteiger charge is 2.22. The predicted molar refractivity (Wildman–Crippen MR) is 90.8 cm³/mol. The second-order valence-corrected chi connectivity index (χ2v) is 7.48. The Bertz CT molecular complexity index is 883. The molecule has 0 saturated heterocycles. The van der Waals surface area contributed by atoms with Gasteiger partial charge in [0.2, 0.25) is 0 Å². The lowest BCUT2D eigenvalue weighted by atomic mass is 10.1. The number of carbonyl (C=O) groups is 1. The summed E-state index contributed by atoms with van der Waals surface area (Å²) in [6.45, 7) is 4.27. The molecule has 0 aliphatic heterocycles. The van der Waals surface area contributed by atoms with E-state index < -0.39 is 32.5 Å². The topological polar surface area (TPSA) is 75.3 Å². The minimum Gasteiger partial charge on any atom is -0.352 e. The van der Waals surface area contributed by atoms with Gasteiger partial charge in [-0.05, 0) is 30.2 Å². The van der Waals surface area contributed by atoms with Crippen LogP contribution in [-0.4, -0.2) is 20.9 Å². The first-order valence-corrected chi connectivity index (χ1v) is 9.04. The molecule has 0 saturated carbocycles. The lowest BCUT2D eigenvalue weighted by Gasteiger charge is -2.14. The molecule has 25 heavy (non-hydrogen) atoms. The lowest BCUT2D eigenvalue weighted by Crippen LogP contribution is -2.28. The van der Waals surface area contributed by atoms with E-state index in [1.54, 1.807) is 6.07 Å². The van der Waals surface area contributed by atoms with Gasteiger partial charge in [0.15, 0.2) is 0 Å². The maximum Gasteiger partial charge on any atom is 0.264 e. The molecule has 2 N–H and O–H groups in total. The van der Waals surface area contributed by atoms with Gasteiger partial charge in [-0.1, -0.05) is 26.0 Å². The van der Waals surface area contributed by atoms with E-state index in [2.05, 4.69) is 10.0 Å². The van der Waals surface area contributed by atoms with Crippen molar-refractivity contribution in [3.63, 3.8) is 0 Å². The van der Waals surface area contributed by atoms with Crippen molar-refractivity contribution in [2.45, 2.75) is 18.7 Å². The van der Waals surface area contributed by atoms with Crippen LogP contribution in [0.25, 0.3) is 0 Å². The normalized spacial score (nSPS) is 11.4. The Balaban J connectivity index is 2.32. The Labute approximate surface area is 145 Å². The van der Waals surface area contributed by atoms with Crippen molar-refractivity contribution < 1.29 is 22.0 Å². The Hall–Kier alpha value is -2.48. The van der Waals surface area contributed by atoms with Crippen molar-refractivity contribution in [3.8, 4) is 0 Å². The molecule has 0 atom stereocenters. The number of amides is 1. The van der Waals surface area contributed by atoms with Crippen molar-refractivity contribution in [1.82, 2.24) is 5.32 Å². The zero-order valence-electron chi connectivity index (χ0n) is 13.7. The first-order chi connectivity index (χ1) is 11.7. The molecule has 0 aliphatic rings. The molecule has 0 unspecified atom stereocenters. The summed E-state index contributed by atoms with van der Waals surface area (Å²) in [4.78, 5) is 11.5. The zero-order chi connectivity index (χ0) is 18.6. The number of carbonyl (C=O) groups excluding carboxylic acids is 1. The minimum absolute atomic E-state index is 0.00693. The number of rotatable bonds is 6. The van der Waals surface area contributed by atoms with Gasteiger partial charge in [-0.2, -0.15) is 0 Å². The van der Waals surface area contributed by atoms with Crippen molar-refractivity contribution >= 4 is 21.6 Å². The molecular formula is C17H18F2N2O3S. The van der Waals surface area contributed by atoms with E-state index in [1.807, 2.05) is 13.8 Å².